The molecule has 0 heterocycles. The van der Waals surface area contributed by atoms with E-state index in [1.807, 2.05) is 6.66 Å². The molecule has 102 valence electrons. The molecular weight excluding hydrogens is 427 g/mol. The molecule has 0 N–H and O–H groups in total. The van der Waals surface area contributed by atoms with Crippen molar-refractivity contribution in [3.05, 3.63) is 40.1 Å². The molecule has 0 aliphatic heterocycles. The molecule has 0 aromatic carbocycles. The first-order valence-electron chi connectivity index (χ1n) is 7.31. The van der Waals surface area contributed by atoms with Crippen LogP contribution in [0.15, 0.2) is 40.1 Å². The monoisotopic (exact) mass is 454 g/mol. The third-order valence-corrected chi connectivity index (χ3v) is 20.3. The van der Waals surface area contributed by atoms with Crippen molar-refractivity contribution < 1.29 is 22.9 Å². The second-order valence-electron chi connectivity index (χ2n) is 6.26. The molecule has 0 amide bonds. The molecule has 2 atom stereocenters. The van der Waals surface area contributed by atoms with E-state index in [9.17, 15) is 0 Å². The van der Waals surface area contributed by atoms with Crippen molar-refractivity contribution in [2.24, 2.45) is 0 Å². The van der Waals surface area contributed by atoms with Gasteiger partial charge in [-0.05, 0) is 0 Å². The predicted molar refractivity (Wildman–Crippen MR) is 89.5 cm³/mol. The molecule has 0 bridgehead atoms. The molecule has 0 radical (unpaired) electrons. The van der Waals surface area contributed by atoms with Crippen LogP contribution in [0, 0.1) is 0 Å². The van der Waals surface area contributed by atoms with Crippen LogP contribution in [0.2, 0.25) is 11.1 Å². The van der Waals surface area contributed by atoms with Gasteiger partial charge in [-0.2, -0.15) is 0 Å². The zero-order valence-electron chi connectivity index (χ0n) is 13.7. The molecule has 2 rings (SSSR count). The van der Waals surface area contributed by atoms with Crippen LogP contribution >= 0.6 is 0 Å². The van der Waals surface area contributed by atoms with Gasteiger partial charge in [0.25, 0.3) is 0 Å². The Morgan fingerprint density at radius 1 is 0.632 bits per heavy atom. The number of rotatable bonds is 2. The van der Waals surface area contributed by atoms with E-state index in [0.29, 0.717) is 0 Å². The van der Waals surface area contributed by atoms with E-state index in [-0.39, 0.29) is 0 Å². The van der Waals surface area contributed by atoms with Gasteiger partial charge >= 0.3 is 136 Å². The van der Waals surface area contributed by atoms with Gasteiger partial charge in [0, 0.05) is 0 Å². The van der Waals surface area contributed by atoms with Crippen LogP contribution in [0.5, 0.6) is 0 Å². The second kappa shape index (κ2) is 5.57. The fourth-order valence-corrected chi connectivity index (χ4v) is 14.2. The second-order valence-corrected chi connectivity index (χ2v) is 13.3. The molecule has 0 aromatic heterocycles. The fourth-order valence-electron chi connectivity index (χ4n) is 3.28. The number of allylic oxidation sites excluding steroid dienone is 8. The maximum absolute atomic E-state index is 2.39. The summed E-state index contributed by atoms with van der Waals surface area (Å²) in [6, 6.07) is 0. The number of hydrogen-bond acceptors (Lipinski definition) is 0. The van der Waals surface area contributed by atoms with E-state index in [4.69, 9.17) is 0 Å². The Morgan fingerprint density at radius 3 is 1.16 bits per heavy atom. The van der Waals surface area contributed by atoms with E-state index in [2.05, 4.69) is 41.5 Å². The van der Waals surface area contributed by atoms with Crippen molar-refractivity contribution >= 4 is 20.5 Å². The van der Waals surface area contributed by atoms with Gasteiger partial charge in [-0.15, -0.1) is 0 Å². The summed E-state index contributed by atoms with van der Waals surface area (Å²) in [6.45, 7) is 14.2. The molecule has 3 heteroatoms. The van der Waals surface area contributed by atoms with Crippen molar-refractivity contribution in [2.75, 3.05) is 0 Å². The Kier molecular flexibility index (Phi) is 4.59. The fraction of sp³-hybridized carbons (Fsp3) is 0.500. The third-order valence-electron chi connectivity index (χ3n) is 5.55. The first-order chi connectivity index (χ1) is 8.77. The molecule has 0 saturated heterocycles. The van der Waals surface area contributed by atoms with Crippen LogP contribution in [0.25, 0.3) is 0 Å². The van der Waals surface area contributed by atoms with Gasteiger partial charge in [0.05, 0.1) is 0 Å². The summed E-state index contributed by atoms with van der Waals surface area (Å²) in [5, 5.41) is 0. The summed E-state index contributed by atoms with van der Waals surface area (Å²) >= 11 is -0.786. The zero-order chi connectivity index (χ0) is 14.5. The maximum atomic E-state index is 2.39. The normalized spacial score (nSPS) is 28.5. The minimum absolute atomic E-state index is 0.786. The van der Waals surface area contributed by atoms with Crippen LogP contribution in [-0.4, -0.2) is 20.5 Å². The first-order valence-corrected chi connectivity index (χ1v) is 13.2. The van der Waals surface area contributed by atoms with Gasteiger partial charge in [-0.1, -0.05) is 0 Å². The number of hydrogen-bond donors (Lipinski definition) is 0. The quantitative estimate of drug-likeness (QED) is 0.565. The molecule has 0 fully saturated rings. The third kappa shape index (κ3) is 2.47. The van der Waals surface area contributed by atoms with Gasteiger partial charge in [0.2, 0.25) is 0 Å². The topological polar surface area (TPSA) is 0 Å². The Hall–Kier alpha value is 0.264. The molecule has 0 nitrogen and oxygen atoms in total. The van der Waals surface area contributed by atoms with Gasteiger partial charge in [-0.3, -0.25) is 0 Å². The molecule has 19 heavy (non-hydrogen) atoms. The predicted octanol–water partition coefficient (Wildman–Crippen LogP) is 2.62. The van der Waals surface area contributed by atoms with Crippen LogP contribution in [0.4, 0.5) is 0 Å². The van der Waals surface area contributed by atoms with Gasteiger partial charge in [0.15, 0.2) is 0 Å². The van der Waals surface area contributed by atoms with Gasteiger partial charge < -0.3 is 0 Å². The van der Waals surface area contributed by atoms with Crippen molar-refractivity contribution in [1.82, 2.24) is 0 Å². The SMILES string of the molecule is CC1=C(C)C([SiH3])[C]([Hf][C]2=C(C)C(C)=C(C)C2[SiH3])=C1C. The molecule has 0 spiro atoms. The van der Waals surface area contributed by atoms with Crippen LogP contribution < -0.4 is 0 Å². The van der Waals surface area contributed by atoms with Crippen molar-refractivity contribution in [3.63, 3.8) is 0 Å². The summed E-state index contributed by atoms with van der Waals surface area (Å²) in [5.41, 5.74) is 11.7. The van der Waals surface area contributed by atoms with E-state index in [1.54, 1.807) is 33.4 Å². The van der Waals surface area contributed by atoms with E-state index in [0.717, 1.165) is 11.1 Å². The Balaban J connectivity index is 2.32. The summed E-state index contributed by atoms with van der Waals surface area (Å²) < 4.78 is 3.86. The van der Waals surface area contributed by atoms with Gasteiger partial charge in [0.1, 0.15) is 0 Å². The van der Waals surface area contributed by atoms with E-state index < -0.39 is 22.9 Å². The van der Waals surface area contributed by atoms with Crippen LogP contribution in [0.1, 0.15) is 41.5 Å². The van der Waals surface area contributed by atoms with E-state index >= 15 is 0 Å². The Morgan fingerprint density at radius 2 is 0.947 bits per heavy atom. The average Bonchev–Trinajstić information content (AvgIpc) is 2.68. The summed E-state index contributed by atoms with van der Waals surface area (Å²) in [4.78, 5) is 0. The molecule has 2 unspecified atom stereocenters. The molecule has 2 aliphatic rings. The van der Waals surface area contributed by atoms with Crippen molar-refractivity contribution in [2.45, 2.75) is 52.6 Å². The first kappa shape index (κ1) is 15.6. The van der Waals surface area contributed by atoms with Crippen molar-refractivity contribution in [3.8, 4) is 0 Å². The molecule has 0 aromatic rings. The summed E-state index contributed by atoms with van der Waals surface area (Å²) in [6.07, 6.45) is 0. The minimum atomic E-state index is -0.786. The summed E-state index contributed by atoms with van der Waals surface area (Å²) in [7, 11) is 2.62. The average molecular weight is 453 g/mol. The van der Waals surface area contributed by atoms with Crippen LogP contribution in [0.3, 0.4) is 0 Å². The summed E-state index contributed by atoms with van der Waals surface area (Å²) in [5.74, 6) is 0. The van der Waals surface area contributed by atoms with E-state index in [1.165, 1.54) is 20.5 Å². The molecule has 2 aliphatic carbocycles. The zero-order valence-corrected chi connectivity index (χ0v) is 21.2. The Bertz CT molecular complexity index is 511. The Labute approximate surface area is 135 Å². The molecule has 0 saturated carbocycles. The molecular formula is C16H26HfSi2. The van der Waals surface area contributed by atoms with Crippen LogP contribution in [-0.2, 0) is 22.9 Å². The van der Waals surface area contributed by atoms with Crippen molar-refractivity contribution in [1.29, 1.82) is 0 Å². The standard InChI is InChI=1S/2C8H13Si.Hf/c2*1-5-4-8(9)7(3)6(5)2;/h2*8H,1-3,9H3;. The van der Waals surface area contributed by atoms with Gasteiger partial charge in [-0.25, -0.2) is 0 Å².